The molecule has 0 saturated carbocycles. The van der Waals surface area contributed by atoms with Gasteiger partial charge in [0, 0.05) is 6.42 Å². The molecule has 0 unspecified atom stereocenters. The molecule has 1 saturated heterocycles. The Morgan fingerprint density at radius 2 is 2.20 bits per heavy atom. The van der Waals surface area contributed by atoms with Gasteiger partial charge in [0.15, 0.2) is 23.8 Å². The average molecular weight is 395 g/mol. The summed E-state index contributed by atoms with van der Waals surface area (Å²) in [6.45, 7) is 0. The van der Waals surface area contributed by atoms with Gasteiger partial charge in [0.1, 0.15) is 12.3 Å². The molecule has 0 aliphatic carbocycles. The number of fused-ring (bicyclic) bond motifs is 1. The Kier molecular flexibility index (Phi) is 8.28. The number of hydrogen-bond acceptors (Lipinski definition) is 8. The number of rotatable bonds is 4. The van der Waals surface area contributed by atoms with E-state index in [1.54, 1.807) is 0 Å². The van der Waals surface area contributed by atoms with Gasteiger partial charge in [-0.25, -0.2) is 9.55 Å². The van der Waals surface area contributed by atoms with Crippen molar-refractivity contribution < 1.29 is 90.9 Å². The maximum Gasteiger partial charge on any atom is 1.00 e. The number of aromatic amines is 1. The number of aliphatic hydroxyl groups is 1. The first kappa shape index (κ1) is 23.2. The molecule has 12 nitrogen and oxygen atoms in total. The van der Waals surface area contributed by atoms with Crippen molar-refractivity contribution in [3.63, 3.8) is 0 Å². The topological polar surface area (TPSA) is 186 Å². The predicted octanol–water partition coefficient (Wildman–Crippen LogP) is -7.31. The summed E-state index contributed by atoms with van der Waals surface area (Å²) in [5.74, 6) is -0.164. The second-order valence-corrected chi connectivity index (χ2v) is 6.56. The maximum absolute atomic E-state index is 12.4. The quantitative estimate of drug-likeness (QED) is 0.246. The summed E-state index contributed by atoms with van der Waals surface area (Å²) in [4.78, 5) is 40.4. The summed E-state index contributed by atoms with van der Waals surface area (Å²) in [6.07, 6.45) is -3.15. The van der Waals surface area contributed by atoms with E-state index in [4.69, 9.17) is 25.0 Å². The first-order valence-electron chi connectivity index (χ1n) is 6.47. The van der Waals surface area contributed by atoms with Gasteiger partial charge in [-0.1, -0.05) is 0 Å². The van der Waals surface area contributed by atoms with Gasteiger partial charge in [0.2, 0.25) is 5.95 Å². The Hall–Kier alpha value is 0.180. The average Bonchev–Trinajstić information content (AvgIpc) is 3.02. The second kappa shape index (κ2) is 8.91. The van der Waals surface area contributed by atoms with Crippen LogP contribution < -0.4 is 70.4 Å². The molecule has 6 N–H and O–H groups in total. The molecule has 3 heterocycles. The molecule has 0 radical (unpaired) electrons. The molecule has 0 aromatic carbocycles. The standard InChI is InChI=1S/C10H14N5O7P.2Na.2H/c11-10-14-7-6(12-2-13-7)8(17)15(10)5-1-4(16)9(22-5)21-3-23(18,19)20;;;;/h2,4-5,9,16H,1,3H2,(H2,11,14)(H,12,13)(H2,18,19,20);;;;/q;2*+1;2*-1/t4-,5+,9-;;;;/m0..../s1. The van der Waals surface area contributed by atoms with Crippen LogP contribution in [-0.2, 0) is 14.0 Å². The van der Waals surface area contributed by atoms with Crippen molar-refractivity contribution in [1.29, 1.82) is 0 Å². The maximum atomic E-state index is 12.4. The Labute approximate surface area is 187 Å². The van der Waals surface area contributed by atoms with Gasteiger partial charge in [0.05, 0.1) is 6.33 Å². The Bertz CT molecular complexity index is 849. The molecule has 1 fully saturated rings. The second-order valence-electron chi connectivity index (χ2n) is 4.97. The zero-order chi connectivity index (χ0) is 16.8. The predicted molar refractivity (Wildman–Crippen MR) is 77.3 cm³/mol. The molecule has 2 aromatic rings. The van der Waals surface area contributed by atoms with Gasteiger partial charge >= 0.3 is 66.7 Å². The summed E-state index contributed by atoms with van der Waals surface area (Å²) in [7, 11) is -4.41. The Morgan fingerprint density at radius 3 is 2.84 bits per heavy atom. The van der Waals surface area contributed by atoms with E-state index in [1.807, 2.05) is 0 Å². The van der Waals surface area contributed by atoms with Crippen molar-refractivity contribution in [3.05, 3.63) is 16.7 Å². The number of aromatic nitrogens is 4. The van der Waals surface area contributed by atoms with E-state index >= 15 is 0 Å². The molecule has 0 amide bonds. The minimum atomic E-state index is -4.41. The molecule has 1 aliphatic heterocycles. The van der Waals surface area contributed by atoms with E-state index in [1.165, 1.54) is 6.33 Å². The van der Waals surface area contributed by atoms with Crippen molar-refractivity contribution in [2.24, 2.45) is 0 Å². The van der Waals surface area contributed by atoms with Crippen molar-refractivity contribution in [2.45, 2.75) is 25.0 Å². The molecule has 1 aliphatic rings. The van der Waals surface area contributed by atoms with Crippen LogP contribution in [0.1, 0.15) is 15.5 Å². The molecule has 2 aromatic heterocycles. The van der Waals surface area contributed by atoms with E-state index in [-0.39, 0.29) is 85.5 Å². The SMILES string of the molecule is Nc1nc2nc[nH]c2c(=O)n1[C@H]1C[C@H](O)[C@@H](OCP(=O)(O)O)O1.[H-].[H-].[Na+].[Na+]. The van der Waals surface area contributed by atoms with Crippen LogP contribution in [0.15, 0.2) is 11.1 Å². The number of aliphatic hydroxyl groups excluding tert-OH is 1. The number of nitrogen functional groups attached to an aromatic ring is 1. The first-order valence-corrected chi connectivity index (χ1v) is 8.27. The van der Waals surface area contributed by atoms with E-state index in [0.717, 1.165) is 4.57 Å². The third-order valence-corrected chi connectivity index (χ3v) is 3.75. The third kappa shape index (κ3) is 5.12. The van der Waals surface area contributed by atoms with Crippen LogP contribution in [0, 0.1) is 0 Å². The van der Waals surface area contributed by atoms with Crippen LogP contribution in [0.25, 0.3) is 11.2 Å². The number of anilines is 1. The molecular weight excluding hydrogens is 379 g/mol. The van der Waals surface area contributed by atoms with Crippen molar-refractivity contribution in [2.75, 3.05) is 12.1 Å². The largest absolute Gasteiger partial charge is 1.00 e. The molecule has 15 heteroatoms. The van der Waals surface area contributed by atoms with E-state index in [2.05, 4.69) is 15.0 Å². The van der Waals surface area contributed by atoms with Crippen LogP contribution in [0.3, 0.4) is 0 Å². The zero-order valence-corrected chi connectivity index (χ0v) is 18.5. The monoisotopic (exact) mass is 395 g/mol. The summed E-state index contributed by atoms with van der Waals surface area (Å²) in [5, 5.41) is 9.87. The number of hydrogen-bond donors (Lipinski definition) is 5. The number of nitrogens with one attached hydrogen (secondary N) is 1. The molecule has 3 atom stereocenters. The normalized spacial score (nSPS) is 23.2. The molecule has 0 spiro atoms. The first-order chi connectivity index (χ1) is 10.8. The van der Waals surface area contributed by atoms with Crippen LogP contribution in [0.2, 0.25) is 0 Å². The fourth-order valence-electron chi connectivity index (χ4n) is 2.30. The van der Waals surface area contributed by atoms with Gasteiger partial charge in [-0.05, 0) is 0 Å². The summed E-state index contributed by atoms with van der Waals surface area (Å²) >= 11 is 0. The number of imidazole rings is 1. The molecule has 130 valence electrons. The smallest absolute Gasteiger partial charge is 1.00 e. The van der Waals surface area contributed by atoms with Crippen LogP contribution in [-0.4, -0.2) is 53.2 Å². The summed E-state index contributed by atoms with van der Waals surface area (Å²) in [5.41, 5.74) is 5.46. The van der Waals surface area contributed by atoms with Crippen LogP contribution in [0.4, 0.5) is 5.95 Å². The van der Waals surface area contributed by atoms with E-state index in [9.17, 15) is 14.5 Å². The van der Waals surface area contributed by atoms with Crippen molar-refractivity contribution in [1.82, 2.24) is 19.5 Å². The van der Waals surface area contributed by atoms with Gasteiger partial charge < -0.3 is 37.9 Å². The molecular formula is C10H16N5Na2O7P. The van der Waals surface area contributed by atoms with Crippen LogP contribution >= 0.6 is 7.60 Å². The van der Waals surface area contributed by atoms with E-state index in [0.29, 0.717) is 0 Å². The van der Waals surface area contributed by atoms with Gasteiger partial charge in [-0.3, -0.25) is 9.36 Å². The Morgan fingerprint density at radius 1 is 1.52 bits per heavy atom. The van der Waals surface area contributed by atoms with Crippen molar-refractivity contribution >= 4 is 24.7 Å². The van der Waals surface area contributed by atoms with Crippen LogP contribution in [0.5, 0.6) is 0 Å². The van der Waals surface area contributed by atoms with Gasteiger partial charge in [-0.15, -0.1) is 0 Å². The zero-order valence-electron chi connectivity index (χ0n) is 15.6. The summed E-state index contributed by atoms with van der Waals surface area (Å²) in [6, 6.07) is 0. The fraction of sp³-hybridized carbons (Fsp3) is 0.500. The number of H-pyrrole nitrogens is 1. The number of nitrogens with zero attached hydrogens (tertiary/aromatic N) is 3. The van der Waals surface area contributed by atoms with E-state index < -0.39 is 38.1 Å². The number of ether oxygens (including phenoxy) is 2. The summed E-state index contributed by atoms with van der Waals surface area (Å²) < 4.78 is 22.0. The molecule has 3 rings (SSSR count). The molecule has 0 bridgehead atoms. The van der Waals surface area contributed by atoms with Gasteiger partial charge in [-0.2, -0.15) is 4.98 Å². The van der Waals surface area contributed by atoms with Gasteiger partial charge in [0.25, 0.3) is 5.56 Å². The number of nitrogens with two attached hydrogens (primary N) is 1. The fourth-order valence-corrected chi connectivity index (χ4v) is 2.64. The minimum absolute atomic E-state index is 0. The Balaban J connectivity index is 0. The van der Waals surface area contributed by atoms with Crippen molar-refractivity contribution in [3.8, 4) is 0 Å². The third-order valence-electron chi connectivity index (χ3n) is 3.26. The molecule has 25 heavy (non-hydrogen) atoms. The minimum Gasteiger partial charge on any atom is -1.00 e.